The Morgan fingerprint density at radius 2 is 2.00 bits per heavy atom. The average molecular weight is 276 g/mol. The van der Waals surface area contributed by atoms with Crippen LogP contribution in [0.2, 0.25) is 0 Å². The average Bonchev–Trinajstić information content (AvgIpc) is 2.52. The summed E-state index contributed by atoms with van der Waals surface area (Å²) in [4.78, 5) is 12.0. The Morgan fingerprint density at radius 3 is 2.65 bits per heavy atom. The summed E-state index contributed by atoms with van der Waals surface area (Å²) in [5.74, 6) is 0.692. The lowest BCUT2D eigenvalue weighted by molar-refractivity contribution is -0.122. The van der Waals surface area contributed by atoms with E-state index in [0.29, 0.717) is 12.3 Å². The Balaban J connectivity index is 1.77. The highest BCUT2D eigenvalue weighted by molar-refractivity contribution is 5.76. The monoisotopic (exact) mass is 276 g/mol. The first-order valence-corrected chi connectivity index (χ1v) is 7.45. The standard InChI is InChI=1S/C16H24N2O2/c19-12-15(14-4-2-1-3-5-14)18-16(20)7-6-13-8-10-17-11-9-13/h1-5,13,15,17,19H,6-12H2,(H,18,20)/t15-/m1/s1. The van der Waals surface area contributed by atoms with Gasteiger partial charge in [-0.3, -0.25) is 4.79 Å². The van der Waals surface area contributed by atoms with Crippen molar-refractivity contribution in [2.24, 2.45) is 5.92 Å². The molecular weight excluding hydrogens is 252 g/mol. The molecule has 1 aromatic carbocycles. The SMILES string of the molecule is O=C(CCC1CCNCC1)N[C@H](CO)c1ccccc1. The number of amides is 1. The zero-order valence-electron chi connectivity index (χ0n) is 11.8. The van der Waals surface area contributed by atoms with Crippen LogP contribution in [0.4, 0.5) is 0 Å². The summed E-state index contributed by atoms with van der Waals surface area (Å²) in [6.45, 7) is 2.06. The molecule has 0 radical (unpaired) electrons. The molecule has 1 aliphatic heterocycles. The van der Waals surface area contributed by atoms with E-state index in [1.165, 1.54) is 0 Å². The van der Waals surface area contributed by atoms with E-state index in [0.717, 1.165) is 37.9 Å². The largest absolute Gasteiger partial charge is 0.394 e. The number of hydrogen-bond donors (Lipinski definition) is 3. The second-order valence-electron chi connectivity index (χ2n) is 5.45. The van der Waals surface area contributed by atoms with Crippen molar-refractivity contribution in [3.8, 4) is 0 Å². The lowest BCUT2D eigenvalue weighted by Gasteiger charge is -2.23. The zero-order valence-corrected chi connectivity index (χ0v) is 11.8. The van der Waals surface area contributed by atoms with Crippen LogP contribution in [0.1, 0.15) is 37.3 Å². The molecule has 0 bridgehead atoms. The molecule has 1 aromatic rings. The van der Waals surface area contributed by atoms with E-state index in [1.54, 1.807) is 0 Å². The van der Waals surface area contributed by atoms with Gasteiger partial charge in [-0.2, -0.15) is 0 Å². The van der Waals surface area contributed by atoms with E-state index in [9.17, 15) is 9.90 Å². The lowest BCUT2D eigenvalue weighted by atomic mass is 9.93. The summed E-state index contributed by atoms with van der Waals surface area (Å²) in [7, 11) is 0. The van der Waals surface area contributed by atoms with Crippen molar-refractivity contribution in [2.75, 3.05) is 19.7 Å². The van der Waals surface area contributed by atoms with Crippen molar-refractivity contribution >= 4 is 5.91 Å². The third-order valence-electron chi connectivity index (χ3n) is 3.96. The van der Waals surface area contributed by atoms with Crippen molar-refractivity contribution in [3.63, 3.8) is 0 Å². The summed E-state index contributed by atoms with van der Waals surface area (Å²) in [6.07, 6.45) is 3.82. The van der Waals surface area contributed by atoms with Crippen LogP contribution in [0.15, 0.2) is 30.3 Å². The lowest BCUT2D eigenvalue weighted by Crippen LogP contribution is -2.32. The van der Waals surface area contributed by atoms with Gasteiger partial charge in [-0.15, -0.1) is 0 Å². The first kappa shape index (κ1) is 15.0. The van der Waals surface area contributed by atoms with Crippen molar-refractivity contribution < 1.29 is 9.90 Å². The maximum absolute atomic E-state index is 12.0. The van der Waals surface area contributed by atoms with E-state index >= 15 is 0 Å². The Hall–Kier alpha value is -1.39. The minimum absolute atomic E-state index is 0.0337. The molecule has 1 atom stereocenters. The molecular formula is C16H24N2O2. The molecule has 20 heavy (non-hydrogen) atoms. The molecule has 1 aliphatic rings. The number of carbonyl (C=O) groups excluding carboxylic acids is 1. The van der Waals surface area contributed by atoms with Gasteiger partial charge >= 0.3 is 0 Å². The van der Waals surface area contributed by atoms with Crippen molar-refractivity contribution in [1.82, 2.24) is 10.6 Å². The smallest absolute Gasteiger partial charge is 0.220 e. The molecule has 0 spiro atoms. The molecule has 1 heterocycles. The number of nitrogens with one attached hydrogen (secondary N) is 2. The van der Waals surface area contributed by atoms with Crippen molar-refractivity contribution in [1.29, 1.82) is 0 Å². The normalized spacial score (nSPS) is 17.6. The number of piperidine rings is 1. The maximum Gasteiger partial charge on any atom is 0.220 e. The summed E-state index contributed by atoms with van der Waals surface area (Å²) < 4.78 is 0. The Kier molecular flexibility index (Phi) is 6.02. The summed E-state index contributed by atoms with van der Waals surface area (Å²) in [5, 5.41) is 15.7. The van der Waals surface area contributed by atoms with Gasteiger partial charge in [0.05, 0.1) is 12.6 Å². The highest BCUT2D eigenvalue weighted by atomic mass is 16.3. The fourth-order valence-electron chi connectivity index (χ4n) is 2.69. The van der Waals surface area contributed by atoms with Crippen LogP contribution >= 0.6 is 0 Å². The van der Waals surface area contributed by atoms with Gasteiger partial charge in [0.2, 0.25) is 5.91 Å². The quantitative estimate of drug-likeness (QED) is 0.740. The molecule has 0 unspecified atom stereocenters. The second kappa shape index (κ2) is 8.02. The molecule has 0 aliphatic carbocycles. The van der Waals surface area contributed by atoms with Gasteiger partial charge in [0.15, 0.2) is 0 Å². The highest BCUT2D eigenvalue weighted by Gasteiger charge is 2.17. The fraction of sp³-hybridized carbons (Fsp3) is 0.562. The number of benzene rings is 1. The van der Waals surface area contributed by atoms with Gasteiger partial charge < -0.3 is 15.7 Å². The third kappa shape index (κ3) is 4.62. The zero-order chi connectivity index (χ0) is 14.2. The van der Waals surface area contributed by atoms with Gasteiger partial charge in [-0.1, -0.05) is 30.3 Å². The predicted octanol–water partition coefficient (Wildman–Crippen LogP) is 1.62. The Labute approximate surface area is 120 Å². The van der Waals surface area contributed by atoms with E-state index in [4.69, 9.17) is 0 Å². The van der Waals surface area contributed by atoms with Gasteiger partial charge in [-0.05, 0) is 43.8 Å². The highest BCUT2D eigenvalue weighted by Crippen LogP contribution is 2.18. The number of hydrogen-bond acceptors (Lipinski definition) is 3. The van der Waals surface area contributed by atoms with E-state index < -0.39 is 0 Å². The number of rotatable bonds is 6. The molecule has 1 saturated heterocycles. The molecule has 4 heteroatoms. The fourth-order valence-corrected chi connectivity index (χ4v) is 2.69. The molecule has 2 rings (SSSR count). The topological polar surface area (TPSA) is 61.4 Å². The minimum Gasteiger partial charge on any atom is -0.394 e. The van der Waals surface area contributed by atoms with E-state index in [-0.39, 0.29) is 18.6 Å². The first-order chi connectivity index (χ1) is 9.79. The first-order valence-electron chi connectivity index (χ1n) is 7.45. The summed E-state index contributed by atoms with van der Waals surface area (Å²) in [6, 6.07) is 9.31. The van der Waals surface area contributed by atoms with E-state index in [1.807, 2.05) is 30.3 Å². The molecule has 3 N–H and O–H groups in total. The van der Waals surface area contributed by atoms with E-state index in [2.05, 4.69) is 10.6 Å². The minimum atomic E-state index is -0.295. The maximum atomic E-state index is 12.0. The predicted molar refractivity (Wildman–Crippen MR) is 79.2 cm³/mol. The molecule has 1 amide bonds. The van der Waals surface area contributed by atoms with Crippen LogP contribution in [0.3, 0.4) is 0 Å². The second-order valence-corrected chi connectivity index (χ2v) is 5.45. The van der Waals surface area contributed by atoms with Gasteiger partial charge in [-0.25, -0.2) is 0 Å². The van der Waals surface area contributed by atoms with Crippen LogP contribution in [0, 0.1) is 5.92 Å². The number of carbonyl (C=O) groups is 1. The van der Waals surface area contributed by atoms with Crippen LogP contribution < -0.4 is 10.6 Å². The van der Waals surface area contributed by atoms with Crippen LogP contribution in [0.5, 0.6) is 0 Å². The molecule has 1 fully saturated rings. The molecule has 4 nitrogen and oxygen atoms in total. The molecule has 110 valence electrons. The summed E-state index contributed by atoms with van der Waals surface area (Å²) >= 11 is 0. The van der Waals surface area contributed by atoms with Gasteiger partial charge in [0.25, 0.3) is 0 Å². The Morgan fingerprint density at radius 1 is 1.30 bits per heavy atom. The number of aliphatic hydroxyl groups is 1. The van der Waals surface area contributed by atoms with Crippen molar-refractivity contribution in [2.45, 2.75) is 31.7 Å². The van der Waals surface area contributed by atoms with Crippen LogP contribution in [-0.2, 0) is 4.79 Å². The number of aliphatic hydroxyl groups excluding tert-OH is 1. The molecule has 0 saturated carbocycles. The third-order valence-corrected chi connectivity index (χ3v) is 3.96. The van der Waals surface area contributed by atoms with Gasteiger partial charge in [0.1, 0.15) is 0 Å². The summed E-state index contributed by atoms with van der Waals surface area (Å²) in [5.41, 5.74) is 0.949. The van der Waals surface area contributed by atoms with Crippen LogP contribution in [-0.4, -0.2) is 30.7 Å². The Bertz CT molecular complexity index is 402. The molecule has 0 aromatic heterocycles. The van der Waals surface area contributed by atoms with Crippen molar-refractivity contribution in [3.05, 3.63) is 35.9 Å². The van der Waals surface area contributed by atoms with Gasteiger partial charge in [0, 0.05) is 6.42 Å². The van der Waals surface area contributed by atoms with Crippen LogP contribution in [0.25, 0.3) is 0 Å².